The Labute approximate surface area is 83.1 Å². The SMILES string of the molecule is CC(Cc1ccco1)N(C)CC(=O)O. The Morgan fingerprint density at radius 1 is 1.71 bits per heavy atom. The molecule has 0 amide bonds. The Hall–Kier alpha value is -1.29. The molecule has 0 bridgehead atoms. The number of furan rings is 1. The van der Waals surface area contributed by atoms with Gasteiger partial charge in [0.05, 0.1) is 12.8 Å². The molecule has 0 aliphatic carbocycles. The summed E-state index contributed by atoms with van der Waals surface area (Å²) in [5.41, 5.74) is 0. The van der Waals surface area contributed by atoms with Crippen LogP contribution in [0.15, 0.2) is 22.8 Å². The first-order valence-electron chi connectivity index (χ1n) is 4.54. The van der Waals surface area contributed by atoms with E-state index in [0.717, 1.165) is 12.2 Å². The number of likely N-dealkylation sites (N-methyl/N-ethyl adjacent to an activating group) is 1. The molecular weight excluding hydrogens is 182 g/mol. The lowest BCUT2D eigenvalue weighted by Gasteiger charge is -2.21. The van der Waals surface area contributed by atoms with E-state index in [4.69, 9.17) is 9.52 Å². The van der Waals surface area contributed by atoms with E-state index in [9.17, 15) is 4.79 Å². The number of carboxylic acids is 1. The highest BCUT2D eigenvalue weighted by atomic mass is 16.4. The van der Waals surface area contributed by atoms with Crippen molar-refractivity contribution in [2.45, 2.75) is 19.4 Å². The lowest BCUT2D eigenvalue weighted by atomic mass is 10.2. The van der Waals surface area contributed by atoms with Crippen LogP contribution in [0.5, 0.6) is 0 Å². The molecule has 1 N–H and O–H groups in total. The Balaban J connectivity index is 2.41. The lowest BCUT2D eigenvalue weighted by Crippen LogP contribution is -2.35. The van der Waals surface area contributed by atoms with Gasteiger partial charge in [0.2, 0.25) is 0 Å². The summed E-state index contributed by atoms with van der Waals surface area (Å²) < 4.78 is 5.19. The second kappa shape index (κ2) is 4.81. The number of rotatable bonds is 5. The fraction of sp³-hybridized carbons (Fsp3) is 0.500. The molecule has 0 aliphatic rings. The molecule has 1 aromatic rings. The fourth-order valence-electron chi connectivity index (χ4n) is 1.24. The number of hydrogen-bond acceptors (Lipinski definition) is 3. The third-order valence-electron chi connectivity index (χ3n) is 2.21. The minimum absolute atomic E-state index is 0.0574. The van der Waals surface area contributed by atoms with Gasteiger partial charge in [-0.3, -0.25) is 9.69 Å². The molecule has 78 valence electrons. The molecule has 4 nitrogen and oxygen atoms in total. The van der Waals surface area contributed by atoms with Gasteiger partial charge in [0.25, 0.3) is 0 Å². The summed E-state index contributed by atoms with van der Waals surface area (Å²) in [7, 11) is 1.79. The van der Waals surface area contributed by atoms with Crippen molar-refractivity contribution in [2.75, 3.05) is 13.6 Å². The third-order valence-corrected chi connectivity index (χ3v) is 2.21. The molecule has 4 heteroatoms. The molecule has 0 aliphatic heterocycles. The van der Waals surface area contributed by atoms with Crippen LogP contribution < -0.4 is 0 Å². The number of carbonyl (C=O) groups is 1. The maximum atomic E-state index is 10.5. The normalized spacial score (nSPS) is 13.1. The molecule has 0 aromatic carbocycles. The Morgan fingerprint density at radius 3 is 2.93 bits per heavy atom. The van der Waals surface area contributed by atoms with E-state index in [2.05, 4.69) is 0 Å². The summed E-state index contributed by atoms with van der Waals surface area (Å²) in [4.78, 5) is 12.2. The highest BCUT2D eigenvalue weighted by Crippen LogP contribution is 2.07. The predicted octanol–water partition coefficient (Wildman–Crippen LogP) is 1.23. The second-order valence-electron chi connectivity index (χ2n) is 3.44. The molecule has 0 saturated carbocycles. The zero-order valence-corrected chi connectivity index (χ0v) is 8.43. The van der Waals surface area contributed by atoms with Crippen LogP contribution in [0.1, 0.15) is 12.7 Å². The van der Waals surface area contributed by atoms with Gasteiger partial charge >= 0.3 is 5.97 Å². The van der Waals surface area contributed by atoms with Crippen molar-refractivity contribution in [2.24, 2.45) is 0 Å². The molecule has 0 fully saturated rings. The monoisotopic (exact) mass is 197 g/mol. The van der Waals surface area contributed by atoms with E-state index in [1.165, 1.54) is 0 Å². The first-order chi connectivity index (χ1) is 6.59. The van der Waals surface area contributed by atoms with Crippen LogP contribution in [0, 0.1) is 0 Å². The highest BCUT2D eigenvalue weighted by molar-refractivity contribution is 5.69. The van der Waals surface area contributed by atoms with E-state index >= 15 is 0 Å². The summed E-state index contributed by atoms with van der Waals surface area (Å²) in [6.45, 7) is 2.04. The van der Waals surface area contributed by atoms with Gasteiger partial charge in [-0.05, 0) is 26.1 Å². The quantitative estimate of drug-likeness (QED) is 0.771. The van der Waals surface area contributed by atoms with Crippen LogP contribution in [-0.4, -0.2) is 35.6 Å². The maximum Gasteiger partial charge on any atom is 0.317 e. The summed E-state index contributed by atoms with van der Waals surface area (Å²) in [6.07, 6.45) is 2.36. The average Bonchev–Trinajstić information content (AvgIpc) is 2.55. The molecule has 0 spiro atoms. The standard InChI is InChI=1S/C10H15NO3/c1-8(11(2)7-10(12)13)6-9-4-3-5-14-9/h3-5,8H,6-7H2,1-2H3,(H,12,13). The summed E-state index contributed by atoms with van der Waals surface area (Å²) in [6, 6.07) is 3.89. The van der Waals surface area contributed by atoms with Crippen LogP contribution in [0.4, 0.5) is 0 Å². The van der Waals surface area contributed by atoms with Crippen LogP contribution in [-0.2, 0) is 11.2 Å². The molecule has 1 rings (SSSR count). The van der Waals surface area contributed by atoms with Crippen molar-refractivity contribution in [1.29, 1.82) is 0 Å². The zero-order valence-electron chi connectivity index (χ0n) is 8.43. The molecule has 1 heterocycles. The largest absolute Gasteiger partial charge is 0.480 e. The minimum atomic E-state index is -0.807. The smallest absolute Gasteiger partial charge is 0.317 e. The van der Waals surface area contributed by atoms with Crippen LogP contribution in [0.2, 0.25) is 0 Å². The van der Waals surface area contributed by atoms with Gasteiger partial charge in [-0.15, -0.1) is 0 Å². The third kappa shape index (κ3) is 3.22. The predicted molar refractivity (Wildman–Crippen MR) is 52.1 cm³/mol. The lowest BCUT2D eigenvalue weighted by molar-refractivity contribution is -0.138. The molecule has 0 saturated heterocycles. The number of aliphatic carboxylic acids is 1. The molecular formula is C10H15NO3. The van der Waals surface area contributed by atoms with Crippen molar-refractivity contribution in [3.63, 3.8) is 0 Å². The van der Waals surface area contributed by atoms with Gasteiger partial charge in [-0.2, -0.15) is 0 Å². The number of hydrogen-bond donors (Lipinski definition) is 1. The highest BCUT2D eigenvalue weighted by Gasteiger charge is 2.13. The first kappa shape index (κ1) is 10.8. The summed E-state index contributed by atoms with van der Waals surface area (Å²) in [5, 5.41) is 8.59. The van der Waals surface area contributed by atoms with Crippen molar-refractivity contribution < 1.29 is 14.3 Å². The van der Waals surface area contributed by atoms with E-state index < -0.39 is 5.97 Å². The van der Waals surface area contributed by atoms with E-state index in [1.54, 1.807) is 18.2 Å². The van der Waals surface area contributed by atoms with Gasteiger partial charge in [0.1, 0.15) is 5.76 Å². The van der Waals surface area contributed by atoms with E-state index in [0.29, 0.717) is 0 Å². The van der Waals surface area contributed by atoms with Crippen molar-refractivity contribution in [3.8, 4) is 0 Å². The van der Waals surface area contributed by atoms with Crippen LogP contribution in [0.25, 0.3) is 0 Å². The van der Waals surface area contributed by atoms with Crippen molar-refractivity contribution >= 4 is 5.97 Å². The van der Waals surface area contributed by atoms with Gasteiger partial charge in [-0.25, -0.2) is 0 Å². The van der Waals surface area contributed by atoms with Gasteiger partial charge in [-0.1, -0.05) is 0 Å². The number of carboxylic acid groups (broad SMARTS) is 1. The van der Waals surface area contributed by atoms with E-state index in [-0.39, 0.29) is 12.6 Å². The Kier molecular flexibility index (Phi) is 3.71. The summed E-state index contributed by atoms with van der Waals surface area (Å²) in [5.74, 6) is 0.0773. The maximum absolute atomic E-state index is 10.5. The van der Waals surface area contributed by atoms with Crippen molar-refractivity contribution in [1.82, 2.24) is 4.90 Å². The van der Waals surface area contributed by atoms with Gasteiger partial charge in [0.15, 0.2) is 0 Å². The molecule has 14 heavy (non-hydrogen) atoms. The minimum Gasteiger partial charge on any atom is -0.480 e. The average molecular weight is 197 g/mol. The number of nitrogens with zero attached hydrogens (tertiary/aromatic N) is 1. The topological polar surface area (TPSA) is 53.7 Å². The summed E-state index contributed by atoms with van der Waals surface area (Å²) >= 11 is 0. The molecule has 1 atom stereocenters. The van der Waals surface area contributed by atoms with Gasteiger partial charge < -0.3 is 9.52 Å². The fourth-order valence-corrected chi connectivity index (χ4v) is 1.24. The molecule has 1 unspecified atom stereocenters. The molecule has 1 aromatic heterocycles. The van der Waals surface area contributed by atoms with Crippen molar-refractivity contribution in [3.05, 3.63) is 24.2 Å². The van der Waals surface area contributed by atoms with E-state index in [1.807, 2.05) is 19.1 Å². The van der Waals surface area contributed by atoms with Crippen LogP contribution in [0.3, 0.4) is 0 Å². The Morgan fingerprint density at radius 2 is 2.43 bits per heavy atom. The molecule has 0 radical (unpaired) electrons. The Bertz CT molecular complexity index is 282. The zero-order chi connectivity index (χ0) is 10.6. The first-order valence-corrected chi connectivity index (χ1v) is 4.54. The second-order valence-corrected chi connectivity index (χ2v) is 3.44. The van der Waals surface area contributed by atoms with Gasteiger partial charge in [0, 0.05) is 12.5 Å². The van der Waals surface area contributed by atoms with Crippen LogP contribution >= 0.6 is 0 Å².